The van der Waals surface area contributed by atoms with Crippen molar-refractivity contribution >= 4 is 39.8 Å². The highest BCUT2D eigenvalue weighted by Crippen LogP contribution is 2.32. The van der Waals surface area contributed by atoms with Crippen LogP contribution in [0.3, 0.4) is 0 Å². The van der Waals surface area contributed by atoms with Crippen molar-refractivity contribution in [1.29, 1.82) is 0 Å². The first-order valence-corrected chi connectivity index (χ1v) is 5.93. The van der Waals surface area contributed by atoms with E-state index in [-0.39, 0.29) is 0 Å². The van der Waals surface area contributed by atoms with Crippen LogP contribution in [0.25, 0.3) is 5.57 Å². The van der Waals surface area contributed by atoms with Crippen LogP contribution in [0.4, 0.5) is 0 Å². The van der Waals surface area contributed by atoms with Gasteiger partial charge >= 0.3 is 0 Å². The van der Waals surface area contributed by atoms with E-state index in [0.717, 1.165) is 10.8 Å². The Morgan fingerprint density at radius 3 is 2.67 bits per heavy atom. The van der Waals surface area contributed by atoms with Gasteiger partial charge in [0.1, 0.15) is 0 Å². The normalized spacial score (nSPS) is 15.8. The Kier molecular flexibility index (Phi) is 2.79. The number of carbonyl (C=O) groups is 2. The molecular formula is C9H6N2O2S2. The molecule has 0 saturated carbocycles. The van der Waals surface area contributed by atoms with Crippen molar-refractivity contribution in [1.82, 2.24) is 10.3 Å². The van der Waals surface area contributed by atoms with Crippen LogP contribution >= 0.6 is 22.5 Å². The average molecular weight is 238 g/mol. The number of pyridine rings is 1. The number of hydrogen-bond donors (Lipinski definition) is 2. The quantitative estimate of drug-likeness (QED) is 0.459. The Morgan fingerprint density at radius 1 is 1.27 bits per heavy atom. The fourth-order valence-corrected chi connectivity index (χ4v) is 2.21. The van der Waals surface area contributed by atoms with E-state index in [1.165, 1.54) is 0 Å². The van der Waals surface area contributed by atoms with Gasteiger partial charge in [-0.1, -0.05) is 16.9 Å². The monoisotopic (exact) mass is 238 g/mol. The third kappa shape index (κ3) is 1.78. The fourth-order valence-electron chi connectivity index (χ4n) is 1.27. The van der Waals surface area contributed by atoms with Crippen LogP contribution in [0, 0.1) is 0 Å². The summed E-state index contributed by atoms with van der Waals surface area (Å²) in [5.41, 5.74) is 0.776. The minimum absolute atomic E-state index is 0.292. The maximum Gasteiger partial charge on any atom is 0.266 e. The molecule has 1 aromatic heterocycles. The summed E-state index contributed by atoms with van der Waals surface area (Å²) < 4.78 is 0. The molecule has 6 heteroatoms. The summed E-state index contributed by atoms with van der Waals surface area (Å²) in [5.74, 6) is -0.837. The van der Waals surface area contributed by atoms with Gasteiger partial charge in [-0.3, -0.25) is 19.9 Å². The van der Waals surface area contributed by atoms with E-state index < -0.39 is 11.8 Å². The molecule has 2 heterocycles. The lowest BCUT2D eigenvalue weighted by Crippen LogP contribution is -2.22. The van der Waals surface area contributed by atoms with Crippen LogP contribution in [0.5, 0.6) is 0 Å². The summed E-state index contributed by atoms with van der Waals surface area (Å²) in [7, 11) is 0.948. The molecule has 0 saturated heterocycles. The number of thiol groups is 1. The van der Waals surface area contributed by atoms with Gasteiger partial charge < -0.3 is 0 Å². The Labute approximate surface area is 95.0 Å². The highest BCUT2D eigenvalue weighted by Gasteiger charge is 2.31. The van der Waals surface area contributed by atoms with Crippen LogP contribution < -0.4 is 5.32 Å². The lowest BCUT2D eigenvalue weighted by atomic mass is 10.2. The lowest BCUT2D eigenvalue weighted by molar-refractivity contribution is -0.123. The number of nitrogens with one attached hydrogen (secondary N) is 1. The highest BCUT2D eigenvalue weighted by atomic mass is 33.1. The molecule has 0 aromatic carbocycles. The van der Waals surface area contributed by atoms with E-state index in [2.05, 4.69) is 22.0 Å². The third-order valence-electron chi connectivity index (χ3n) is 1.90. The maximum atomic E-state index is 11.5. The summed E-state index contributed by atoms with van der Waals surface area (Å²) in [4.78, 5) is 27.1. The van der Waals surface area contributed by atoms with Crippen molar-refractivity contribution in [3.8, 4) is 0 Å². The summed E-state index contributed by atoms with van der Waals surface area (Å²) in [6, 6.07) is 5.18. The van der Waals surface area contributed by atoms with Gasteiger partial charge in [0, 0.05) is 6.20 Å². The molecule has 0 spiro atoms. The highest BCUT2D eigenvalue weighted by molar-refractivity contribution is 8.70. The predicted octanol–water partition coefficient (Wildman–Crippen LogP) is 1.03. The van der Waals surface area contributed by atoms with Gasteiger partial charge in [-0.15, -0.1) is 11.7 Å². The van der Waals surface area contributed by atoms with Crippen LogP contribution in [-0.4, -0.2) is 16.8 Å². The average Bonchev–Trinajstić information content (AvgIpc) is 2.54. The van der Waals surface area contributed by atoms with Gasteiger partial charge in [0.15, 0.2) is 0 Å². The molecule has 1 aliphatic rings. The summed E-state index contributed by atoms with van der Waals surface area (Å²) in [6.45, 7) is 0. The van der Waals surface area contributed by atoms with Crippen LogP contribution in [-0.2, 0) is 9.59 Å². The van der Waals surface area contributed by atoms with Crippen molar-refractivity contribution < 1.29 is 9.59 Å². The van der Waals surface area contributed by atoms with Gasteiger partial charge in [-0.25, -0.2) is 0 Å². The minimum Gasteiger partial charge on any atom is -0.288 e. The van der Waals surface area contributed by atoms with Crippen molar-refractivity contribution in [2.24, 2.45) is 0 Å². The van der Waals surface area contributed by atoms with Gasteiger partial charge in [-0.2, -0.15) is 0 Å². The molecule has 0 atom stereocenters. The molecular weight excluding hydrogens is 232 g/mol. The number of aromatic nitrogens is 1. The molecule has 4 nitrogen and oxygen atoms in total. The van der Waals surface area contributed by atoms with Gasteiger partial charge in [0.05, 0.1) is 16.2 Å². The predicted molar refractivity (Wildman–Crippen MR) is 60.9 cm³/mol. The second-order valence-corrected chi connectivity index (χ2v) is 3.93. The molecule has 0 aliphatic carbocycles. The number of hydrogen-bond acceptors (Lipinski definition) is 5. The van der Waals surface area contributed by atoms with Crippen molar-refractivity contribution in [2.75, 3.05) is 0 Å². The minimum atomic E-state index is -0.421. The lowest BCUT2D eigenvalue weighted by Gasteiger charge is -1.98. The standard InChI is InChI=1S/C9H6N2O2S2/c12-8-6(5-3-1-2-4-10-5)7(15-14)9(13)11-8/h1-4,14H,(H,11,12,13). The molecule has 76 valence electrons. The topological polar surface area (TPSA) is 59.1 Å². The number of rotatable bonds is 2. The van der Waals surface area contributed by atoms with E-state index in [1.54, 1.807) is 24.4 Å². The zero-order valence-electron chi connectivity index (χ0n) is 7.43. The Bertz CT molecular complexity index is 456. The first kappa shape index (κ1) is 10.3. The maximum absolute atomic E-state index is 11.5. The summed E-state index contributed by atoms with van der Waals surface area (Å²) >= 11 is 3.94. The van der Waals surface area contributed by atoms with Gasteiger partial charge in [0.2, 0.25) is 0 Å². The largest absolute Gasteiger partial charge is 0.288 e. The molecule has 1 aromatic rings. The smallest absolute Gasteiger partial charge is 0.266 e. The molecule has 0 radical (unpaired) electrons. The fraction of sp³-hybridized carbons (Fsp3) is 0. The molecule has 15 heavy (non-hydrogen) atoms. The zero-order chi connectivity index (χ0) is 10.8. The van der Waals surface area contributed by atoms with E-state index in [0.29, 0.717) is 16.2 Å². The van der Waals surface area contributed by atoms with Gasteiger partial charge in [-0.05, 0) is 12.1 Å². The second-order valence-electron chi connectivity index (χ2n) is 2.79. The Morgan fingerprint density at radius 2 is 2.07 bits per heavy atom. The van der Waals surface area contributed by atoms with Crippen molar-refractivity contribution in [3.05, 3.63) is 35.0 Å². The number of amides is 2. The molecule has 2 amide bonds. The van der Waals surface area contributed by atoms with Crippen LogP contribution in [0.2, 0.25) is 0 Å². The molecule has 0 bridgehead atoms. The van der Waals surface area contributed by atoms with Gasteiger partial charge in [0.25, 0.3) is 11.8 Å². The molecule has 2 rings (SSSR count). The van der Waals surface area contributed by atoms with Crippen LogP contribution in [0.15, 0.2) is 29.3 Å². The number of nitrogens with zero attached hydrogens (tertiary/aromatic N) is 1. The molecule has 1 N–H and O–H groups in total. The van der Waals surface area contributed by atoms with Crippen molar-refractivity contribution in [2.45, 2.75) is 0 Å². The second kappa shape index (κ2) is 4.08. The van der Waals surface area contributed by atoms with E-state index in [1.807, 2.05) is 0 Å². The first-order chi connectivity index (χ1) is 7.24. The Hall–Kier alpha value is -1.27. The number of imide groups is 1. The number of carbonyl (C=O) groups excluding carboxylic acids is 2. The first-order valence-electron chi connectivity index (χ1n) is 4.07. The Balaban J connectivity index is 2.55. The van der Waals surface area contributed by atoms with E-state index in [4.69, 9.17) is 0 Å². The molecule has 0 fully saturated rings. The zero-order valence-corrected chi connectivity index (χ0v) is 9.14. The summed E-state index contributed by atoms with van der Waals surface area (Å²) in [6.07, 6.45) is 1.57. The molecule has 1 aliphatic heterocycles. The van der Waals surface area contributed by atoms with Crippen molar-refractivity contribution in [3.63, 3.8) is 0 Å². The molecule has 0 unspecified atom stereocenters. The van der Waals surface area contributed by atoms with E-state index >= 15 is 0 Å². The SMILES string of the molecule is O=C1NC(=O)C(c2ccccn2)=C1SS. The summed E-state index contributed by atoms with van der Waals surface area (Å²) in [5, 5.41) is 2.20. The third-order valence-corrected chi connectivity index (χ3v) is 3.02. The van der Waals surface area contributed by atoms with Crippen LogP contribution in [0.1, 0.15) is 5.69 Å². The van der Waals surface area contributed by atoms with E-state index in [9.17, 15) is 9.59 Å².